The Morgan fingerprint density at radius 3 is 2.89 bits per heavy atom. The first-order valence-corrected chi connectivity index (χ1v) is 7.63. The van der Waals surface area contributed by atoms with Crippen LogP contribution in [0.3, 0.4) is 0 Å². The Morgan fingerprint density at radius 2 is 2.28 bits per heavy atom. The monoisotopic (exact) mass is 344 g/mol. The Balaban J connectivity index is 2.07. The van der Waals surface area contributed by atoms with E-state index in [0.29, 0.717) is 5.02 Å². The van der Waals surface area contributed by atoms with Gasteiger partial charge >= 0.3 is 0 Å². The van der Waals surface area contributed by atoms with Crippen molar-refractivity contribution in [3.63, 3.8) is 0 Å². The van der Waals surface area contributed by atoms with Gasteiger partial charge in [0.25, 0.3) is 0 Å². The van der Waals surface area contributed by atoms with Crippen LogP contribution in [0.5, 0.6) is 0 Å². The summed E-state index contributed by atoms with van der Waals surface area (Å²) in [5.74, 6) is 0.823. The molecule has 0 amide bonds. The van der Waals surface area contributed by atoms with Crippen LogP contribution in [-0.4, -0.2) is 11.5 Å². The molecular formula is C13H14BrClN2S. The minimum Gasteiger partial charge on any atom is -0.368 e. The zero-order chi connectivity index (χ0) is 13.2. The van der Waals surface area contributed by atoms with Gasteiger partial charge < -0.3 is 5.32 Å². The number of hydrogen-bond acceptors (Lipinski definition) is 3. The van der Waals surface area contributed by atoms with Crippen LogP contribution >= 0.6 is 38.9 Å². The number of aromatic nitrogens is 1. The molecule has 0 saturated carbocycles. The first-order chi connectivity index (χ1) is 8.49. The minimum absolute atomic E-state index is 0.0783. The molecule has 0 aliphatic carbocycles. The lowest BCUT2D eigenvalue weighted by atomic mass is 9.91. The molecule has 0 saturated heterocycles. The third-order valence-corrected chi connectivity index (χ3v) is 4.74. The standard InChI is InChI=1S/C13H14BrClN2S/c1-13(2,11-4-3-5-18-11)8-17-12-10(14)6-9(15)7-16-12/h3-7H,8H2,1-2H3,(H,16,17). The largest absolute Gasteiger partial charge is 0.368 e. The SMILES string of the molecule is CC(C)(CNc1ncc(Cl)cc1Br)c1cccs1. The van der Waals surface area contributed by atoms with Gasteiger partial charge in [-0.2, -0.15) is 0 Å². The highest BCUT2D eigenvalue weighted by molar-refractivity contribution is 9.10. The lowest BCUT2D eigenvalue weighted by molar-refractivity contribution is 0.568. The zero-order valence-corrected chi connectivity index (χ0v) is 13.4. The second kappa shape index (κ2) is 5.59. The van der Waals surface area contributed by atoms with E-state index in [-0.39, 0.29) is 5.41 Å². The molecule has 2 nitrogen and oxygen atoms in total. The van der Waals surface area contributed by atoms with Crippen molar-refractivity contribution in [3.05, 3.63) is 44.1 Å². The minimum atomic E-state index is 0.0783. The van der Waals surface area contributed by atoms with Crippen molar-refractivity contribution in [2.75, 3.05) is 11.9 Å². The summed E-state index contributed by atoms with van der Waals surface area (Å²) < 4.78 is 0.886. The van der Waals surface area contributed by atoms with E-state index >= 15 is 0 Å². The van der Waals surface area contributed by atoms with Gasteiger partial charge in [0.2, 0.25) is 0 Å². The molecule has 0 atom stereocenters. The van der Waals surface area contributed by atoms with E-state index in [4.69, 9.17) is 11.6 Å². The van der Waals surface area contributed by atoms with Gasteiger partial charge in [0.15, 0.2) is 0 Å². The van der Waals surface area contributed by atoms with Crippen molar-refractivity contribution < 1.29 is 0 Å². The van der Waals surface area contributed by atoms with Crippen LogP contribution in [0.25, 0.3) is 0 Å². The fourth-order valence-electron chi connectivity index (χ4n) is 1.60. The van der Waals surface area contributed by atoms with Gasteiger partial charge in [0.1, 0.15) is 5.82 Å². The number of nitrogens with one attached hydrogen (secondary N) is 1. The quantitative estimate of drug-likeness (QED) is 0.848. The van der Waals surface area contributed by atoms with E-state index in [2.05, 4.69) is 57.6 Å². The smallest absolute Gasteiger partial charge is 0.140 e. The van der Waals surface area contributed by atoms with Crippen LogP contribution in [0.2, 0.25) is 5.02 Å². The van der Waals surface area contributed by atoms with E-state index in [1.54, 1.807) is 17.5 Å². The van der Waals surface area contributed by atoms with Gasteiger partial charge in [0, 0.05) is 23.0 Å². The topological polar surface area (TPSA) is 24.9 Å². The molecule has 18 heavy (non-hydrogen) atoms. The third-order valence-electron chi connectivity index (χ3n) is 2.69. The molecule has 2 aromatic heterocycles. The summed E-state index contributed by atoms with van der Waals surface area (Å²) in [5.41, 5.74) is 0.0783. The zero-order valence-electron chi connectivity index (χ0n) is 10.2. The van der Waals surface area contributed by atoms with Crippen molar-refractivity contribution in [2.45, 2.75) is 19.3 Å². The summed E-state index contributed by atoms with van der Waals surface area (Å²) in [6.45, 7) is 5.26. The molecule has 0 aliphatic rings. The molecule has 0 aliphatic heterocycles. The third kappa shape index (κ3) is 3.25. The Bertz CT molecular complexity index is 526. The lowest BCUT2D eigenvalue weighted by Crippen LogP contribution is -2.27. The summed E-state index contributed by atoms with van der Waals surface area (Å²) in [5, 5.41) is 6.09. The normalized spacial score (nSPS) is 11.6. The maximum Gasteiger partial charge on any atom is 0.140 e. The number of hydrogen-bond donors (Lipinski definition) is 1. The van der Waals surface area contributed by atoms with Crippen LogP contribution in [0.4, 0.5) is 5.82 Å². The molecule has 0 bridgehead atoms. The van der Waals surface area contributed by atoms with E-state index in [1.165, 1.54) is 4.88 Å². The molecule has 96 valence electrons. The fraction of sp³-hybridized carbons (Fsp3) is 0.308. The number of thiophene rings is 1. The molecule has 0 fully saturated rings. The summed E-state index contributed by atoms with van der Waals surface area (Å²) in [6, 6.07) is 6.09. The molecule has 5 heteroatoms. The van der Waals surface area contributed by atoms with Crippen LogP contribution in [0.15, 0.2) is 34.2 Å². The molecular weight excluding hydrogens is 332 g/mol. The number of halogens is 2. The van der Waals surface area contributed by atoms with E-state index in [1.807, 2.05) is 6.07 Å². The Labute approximate surface area is 125 Å². The Hall–Kier alpha value is -0.580. The number of anilines is 1. The van der Waals surface area contributed by atoms with Crippen LogP contribution in [0, 0.1) is 0 Å². The van der Waals surface area contributed by atoms with Gasteiger partial charge in [-0.1, -0.05) is 31.5 Å². The predicted molar refractivity (Wildman–Crippen MR) is 82.8 cm³/mol. The highest BCUT2D eigenvalue weighted by Crippen LogP contribution is 2.29. The van der Waals surface area contributed by atoms with Crippen molar-refractivity contribution in [3.8, 4) is 0 Å². The van der Waals surface area contributed by atoms with E-state index in [9.17, 15) is 0 Å². The average molecular weight is 346 g/mol. The summed E-state index contributed by atoms with van der Waals surface area (Å²) in [4.78, 5) is 5.64. The Morgan fingerprint density at radius 1 is 1.50 bits per heavy atom. The highest BCUT2D eigenvalue weighted by Gasteiger charge is 2.21. The van der Waals surface area contributed by atoms with Crippen LogP contribution in [0.1, 0.15) is 18.7 Å². The lowest BCUT2D eigenvalue weighted by Gasteiger charge is -2.24. The number of rotatable bonds is 4. The number of nitrogens with zero attached hydrogens (tertiary/aromatic N) is 1. The molecule has 0 aromatic carbocycles. The molecule has 2 heterocycles. The van der Waals surface area contributed by atoms with E-state index in [0.717, 1.165) is 16.8 Å². The summed E-state index contributed by atoms with van der Waals surface area (Å²) in [6.07, 6.45) is 1.65. The van der Waals surface area contributed by atoms with Gasteiger partial charge in [-0.25, -0.2) is 4.98 Å². The first-order valence-electron chi connectivity index (χ1n) is 5.58. The van der Waals surface area contributed by atoms with Gasteiger partial charge in [-0.15, -0.1) is 11.3 Å². The molecule has 2 rings (SSSR count). The second-order valence-corrected chi connectivity index (χ2v) is 6.94. The van der Waals surface area contributed by atoms with Gasteiger partial charge in [0.05, 0.1) is 9.50 Å². The van der Waals surface area contributed by atoms with E-state index < -0.39 is 0 Å². The van der Waals surface area contributed by atoms with Gasteiger partial charge in [-0.05, 0) is 33.4 Å². The van der Waals surface area contributed by atoms with Crippen molar-refractivity contribution in [1.82, 2.24) is 4.98 Å². The number of pyridine rings is 1. The molecule has 2 aromatic rings. The molecule has 0 unspecified atom stereocenters. The van der Waals surface area contributed by atoms with Crippen LogP contribution < -0.4 is 5.32 Å². The first kappa shape index (κ1) is 13.8. The van der Waals surface area contributed by atoms with Crippen LogP contribution in [-0.2, 0) is 5.41 Å². The van der Waals surface area contributed by atoms with Crippen molar-refractivity contribution in [1.29, 1.82) is 0 Å². The second-order valence-electron chi connectivity index (χ2n) is 4.70. The molecule has 0 radical (unpaired) electrons. The van der Waals surface area contributed by atoms with Crippen molar-refractivity contribution >= 4 is 44.7 Å². The van der Waals surface area contributed by atoms with Gasteiger partial charge in [-0.3, -0.25) is 0 Å². The predicted octanol–water partition coefficient (Wildman–Crippen LogP) is 4.95. The summed E-state index contributed by atoms with van der Waals surface area (Å²) in [7, 11) is 0. The maximum absolute atomic E-state index is 5.87. The van der Waals surface area contributed by atoms with Crippen molar-refractivity contribution in [2.24, 2.45) is 0 Å². The highest BCUT2D eigenvalue weighted by atomic mass is 79.9. The average Bonchev–Trinajstić information content (AvgIpc) is 2.82. The fourth-order valence-corrected chi connectivity index (χ4v) is 3.23. The Kier molecular flexibility index (Phi) is 4.30. The summed E-state index contributed by atoms with van der Waals surface area (Å²) >= 11 is 11.1. The molecule has 1 N–H and O–H groups in total. The molecule has 0 spiro atoms. The maximum atomic E-state index is 5.87.